The number of aromatic nitrogens is 3. The average Bonchev–Trinajstić information content (AvgIpc) is 2.39. The normalized spacial score (nSPS) is 10.1. The molecule has 2 aromatic heterocycles. The summed E-state index contributed by atoms with van der Waals surface area (Å²) in [5.41, 5.74) is 2.38. The van der Waals surface area contributed by atoms with Crippen LogP contribution in [0.4, 0.5) is 11.6 Å². The molecule has 5 nitrogen and oxygen atoms in total. The average molecular weight is 243 g/mol. The summed E-state index contributed by atoms with van der Waals surface area (Å²) >= 11 is 0. The highest BCUT2D eigenvalue weighted by atomic mass is 15.1. The number of nitrogens with zero attached hydrogens (tertiary/aromatic N) is 3. The molecule has 0 aliphatic rings. The van der Waals surface area contributed by atoms with Crippen LogP contribution in [0, 0.1) is 6.92 Å². The quantitative estimate of drug-likeness (QED) is 0.843. The van der Waals surface area contributed by atoms with Crippen LogP contribution in [-0.4, -0.2) is 21.5 Å². The Morgan fingerprint density at radius 3 is 2.56 bits per heavy atom. The van der Waals surface area contributed by atoms with E-state index in [4.69, 9.17) is 0 Å². The van der Waals surface area contributed by atoms with Crippen molar-refractivity contribution in [3.63, 3.8) is 0 Å². The fourth-order valence-corrected chi connectivity index (χ4v) is 1.58. The highest BCUT2D eigenvalue weighted by Gasteiger charge is 2.00. The van der Waals surface area contributed by atoms with Gasteiger partial charge in [0.25, 0.3) is 0 Å². The van der Waals surface area contributed by atoms with E-state index in [9.17, 15) is 0 Å². The zero-order valence-electron chi connectivity index (χ0n) is 10.6. The summed E-state index contributed by atoms with van der Waals surface area (Å²) < 4.78 is 0. The first-order valence-corrected chi connectivity index (χ1v) is 5.99. The van der Waals surface area contributed by atoms with E-state index in [1.807, 2.05) is 19.2 Å². The van der Waals surface area contributed by atoms with E-state index in [1.54, 1.807) is 18.6 Å². The van der Waals surface area contributed by atoms with Gasteiger partial charge < -0.3 is 10.6 Å². The Bertz CT molecular complexity index is 512. The Morgan fingerprint density at radius 1 is 1.06 bits per heavy atom. The van der Waals surface area contributed by atoms with Gasteiger partial charge in [0.1, 0.15) is 11.6 Å². The molecule has 0 atom stereocenters. The van der Waals surface area contributed by atoms with Crippen molar-refractivity contribution in [2.24, 2.45) is 0 Å². The van der Waals surface area contributed by atoms with Crippen LogP contribution in [-0.2, 0) is 6.54 Å². The van der Waals surface area contributed by atoms with Crippen molar-refractivity contribution < 1.29 is 0 Å². The number of hydrogen-bond acceptors (Lipinski definition) is 5. The molecule has 0 aliphatic carbocycles. The van der Waals surface area contributed by atoms with Crippen LogP contribution in [0.2, 0.25) is 0 Å². The number of anilines is 2. The topological polar surface area (TPSA) is 62.7 Å². The van der Waals surface area contributed by atoms with E-state index < -0.39 is 0 Å². The van der Waals surface area contributed by atoms with Crippen molar-refractivity contribution in [2.45, 2.75) is 20.4 Å². The lowest BCUT2D eigenvalue weighted by atomic mass is 10.2. The van der Waals surface area contributed by atoms with E-state index in [2.05, 4.69) is 32.5 Å². The van der Waals surface area contributed by atoms with Crippen molar-refractivity contribution in [1.29, 1.82) is 0 Å². The van der Waals surface area contributed by atoms with Crippen LogP contribution in [0.3, 0.4) is 0 Å². The molecule has 0 unspecified atom stereocenters. The third kappa shape index (κ3) is 3.16. The predicted molar refractivity (Wildman–Crippen MR) is 72.5 cm³/mol. The third-order valence-corrected chi connectivity index (χ3v) is 2.60. The van der Waals surface area contributed by atoms with Crippen LogP contribution in [0.1, 0.15) is 18.1 Å². The number of pyridine rings is 1. The van der Waals surface area contributed by atoms with Gasteiger partial charge in [-0.2, -0.15) is 0 Å². The van der Waals surface area contributed by atoms with Crippen molar-refractivity contribution >= 4 is 11.6 Å². The van der Waals surface area contributed by atoms with Gasteiger partial charge in [-0.25, -0.2) is 4.98 Å². The minimum Gasteiger partial charge on any atom is -0.369 e. The lowest BCUT2D eigenvalue weighted by molar-refractivity contribution is 1.04. The molecule has 0 amide bonds. The molecule has 0 aromatic carbocycles. The highest BCUT2D eigenvalue weighted by Crippen LogP contribution is 2.10. The zero-order chi connectivity index (χ0) is 12.8. The molecule has 0 spiro atoms. The fourth-order valence-electron chi connectivity index (χ4n) is 1.58. The molecule has 0 bridgehead atoms. The van der Waals surface area contributed by atoms with E-state index in [0.717, 1.165) is 23.7 Å². The molecule has 2 N–H and O–H groups in total. The number of hydrogen-bond donors (Lipinski definition) is 2. The SMILES string of the molecule is CCNc1cncc(NCc2cnccc2C)n1. The van der Waals surface area contributed by atoms with E-state index in [1.165, 1.54) is 5.56 Å². The second kappa shape index (κ2) is 5.95. The van der Waals surface area contributed by atoms with Crippen molar-refractivity contribution in [1.82, 2.24) is 15.0 Å². The van der Waals surface area contributed by atoms with Crippen LogP contribution in [0.25, 0.3) is 0 Å². The molecule has 0 fully saturated rings. The van der Waals surface area contributed by atoms with Gasteiger partial charge in [0.05, 0.1) is 12.4 Å². The summed E-state index contributed by atoms with van der Waals surface area (Å²) in [6, 6.07) is 2.00. The summed E-state index contributed by atoms with van der Waals surface area (Å²) in [5.74, 6) is 1.54. The van der Waals surface area contributed by atoms with Crippen molar-refractivity contribution in [2.75, 3.05) is 17.2 Å². The van der Waals surface area contributed by atoms with Crippen LogP contribution in [0.15, 0.2) is 30.9 Å². The lowest BCUT2D eigenvalue weighted by Crippen LogP contribution is -2.06. The summed E-state index contributed by atoms with van der Waals surface area (Å²) in [6.07, 6.45) is 7.09. The second-order valence-corrected chi connectivity index (χ2v) is 3.98. The Balaban J connectivity index is 2.02. The molecule has 0 saturated heterocycles. The minimum absolute atomic E-state index is 0.698. The maximum atomic E-state index is 4.40. The van der Waals surface area contributed by atoms with Crippen molar-refractivity contribution in [3.8, 4) is 0 Å². The number of nitrogens with one attached hydrogen (secondary N) is 2. The van der Waals surface area contributed by atoms with Gasteiger partial charge in [-0.05, 0) is 31.0 Å². The zero-order valence-corrected chi connectivity index (χ0v) is 10.6. The molecule has 94 valence electrons. The van der Waals surface area contributed by atoms with Gasteiger partial charge >= 0.3 is 0 Å². The first-order valence-electron chi connectivity index (χ1n) is 5.99. The number of aryl methyl sites for hydroxylation is 1. The number of rotatable bonds is 5. The maximum Gasteiger partial charge on any atom is 0.147 e. The van der Waals surface area contributed by atoms with E-state index in [0.29, 0.717) is 6.54 Å². The molecular formula is C13H17N5. The third-order valence-electron chi connectivity index (χ3n) is 2.60. The van der Waals surface area contributed by atoms with Crippen LogP contribution in [0.5, 0.6) is 0 Å². The van der Waals surface area contributed by atoms with Crippen LogP contribution >= 0.6 is 0 Å². The Labute approximate surface area is 107 Å². The smallest absolute Gasteiger partial charge is 0.147 e. The minimum atomic E-state index is 0.698. The second-order valence-electron chi connectivity index (χ2n) is 3.98. The molecule has 2 rings (SSSR count). The van der Waals surface area contributed by atoms with Crippen molar-refractivity contribution in [3.05, 3.63) is 42.0 Å². The standard InChI is InChI=1S/C13H17N5/c1-3-16-12-8-15-9-13(18-12)17-7-11-6-14-5-4-10(11)2/h4-6,8-9H,3,7H2,1-2H3,(H2,16,17,18). The Hall–Kier alpha value is -2.17. The summed E-state index contributed by atoms with van der Waals surface area (Å²) in [4.78, 5) is 12.7. The Morgan fingerprint density at radius 2 is 1.83 bits per heavy atom. The first kappa shape index (κ1) is 12.3. The van der Waals surface area contributed by atoms with Gasteiger partial charge in [-0.1, -0.05) is 0 Å². The fraction of sp³-hybridized carbons (Fsp3) is 0.308. The van der Waals surface area contributed by atoms with Gasteiger partial charge in [-0.15, -0.1) is 0 Å². The van der Waals surface area contributed by atoms with Gasteiger partial charge in [0, 0.05) is 25.5 Å². The van der Waals surface area contributed by atoms with Crippen LogP contribution < -0.4 is 10.6 Å². The molecule has 2 heterocycles. The van der Waals surface area contributed by atoms with E-state index in [-0.39, 0.29) is 0 Å². The maximum absolute atomic E-state index is 4.40. The summed E-state index contributed by atoms with van der Waals surface area (Å²) in [6.45, 7) is 5.63. The first-order chi connectivity index (χ1) is 8.79. The molecular weight excluding hydrogens is 226 g/mol. The summed E-state index contributed by atoms with van der Waals surface area (Å²) in [5, 5.41) is 6.38. The van der Waals surface area contributed by atoms with Gasteiger partial charge in [-0.3, -0.25) is 9.97 Å². The molecule has 2 aromatic rings. The predicted octanol–water partition coefficient (Wildman–Crippen LogP) is 2.22. The molecule has 0 aliphatic heterocycles. The largest absolute Gasteiger partial charge is 0.369 e. The monoisotopic (exact) mass is 243 g/mol. The Kier molecular flexibility index (Phi) is 4.06. The molecule has 0 saturated carbocycles. The summed E-state index contributed by atoms with van der Waals surface area (Å²) in [7, 11) is 0. The molecule has 18 heavy (non-hydrogen) atoms. The van der Waals surface area contributed by atoms with Gasteiger partial charge in [0.15, 0.2) is 0 Å². The highest BCUT2D eigenvalue weighted by molar-refractivity contribution is 5.42. The van der Waals surface area contributed by atoms with E-state index >= 15 is 0 Å². The van der Waals surface area contributed by atoms with Gasteiger partial charge in [0.2, 0.25) is 0 Å². The lowest BCUT2D eigenvalue weighted by Gasteiger charge is -2.08. The molecule has 5 heteroatoms. The molecule has 0 radical (unpaired) electrons.